The van der Waals surface area contributed by atoms with Gasteiger partial charge in [-0.05, 0) is 35.9 Å². The van der Waals surface area contributed by atoms with E-state index in [1.54, 1.807) is 18.3 Å². The van der Waals surface area contributed by atoms with Crippen molar-refractivity contribution in [2.75, 3.05) is 21.2 Å². The Kier molecular flexibility index (Phi) is 5.53. The molecule has 0 bridgehead atoms. The van der Waals surface area contributed by atoms with Gasteiger partial charge in [-0.15, -0.1) is 0 Å². The van der Waals surface area contributed by atoms with Gasteiger partial charge < -0.3 is 10.1 Å². The molecule has 0 spiro atoms. The van der Waals surface area contributed by atoms with E-state index in [0.717, 1.165) is 9.87 Å². The number of hydrogen-bond donors (Lipinski definition) is 1. The summed E-state index contributed by atoms with van der Waals surface area (Å²) in [6.45, 7) is 0.315. The molecule has 0 radical (unpaired) electrons. The summed E-state index contributed by atoms with van der Waals surface area (Å²) in [7, 11) is 0.935. The van der Waals surface area contributed by atoms with Crippen LogP contribution in [0.15, 0.2) is 47.5 Å². The van der Waals surface area contributed by atoms with Gasteiger partial charge >= 0.3 is 0 Å². The van der Waals surface area contributed by atoms with Crippen LogP contribution in [0.4, 0.5) is 0 Å². The van der Waals surface area contributed by atoms with E-state index in [1.165, 1.54) is 45.5 Å². The third-order valence-electron chi connectivity index (χ3n) is 3.36. The van der Waals surface area contributed by atoms with Gasteiger partial charge in [0.05, 0.1) is 12.0 Å². The Bertz CT molecular complexity index is 817. The first-order valence-corrected chi connectivity index (χ1v) is 8.58. The van der Waals surface area contributed by atoms with Crippen molar-refractivity contribution in [3.05, 3.63) is 53.7 Å². The molecule has 0 fully saturated rings. The minimum absolute atomic E-state index is 0.142. The molecular weight excluding hydrogens is 330 g/mol. The van der Waals surface area contributed by atoms with Gasteiger partial charge in [-0.25, -0.2) is 17.7 Å². The monoisotopic (exact) mass is 349 g/mol. The fourth-order valence-corrected chi connectivity index (χ4v) is 2.85. The standard InChI is InChI=1S/C16H19N3O4S/c1-19(2)24(21,22)14-6-4-13(5-7-14)16(20)18-11-12-8-9-17-15(10-12)23-3/h4-10H,11H2,1-3H3,(H,18,20). The Morgan fingerprint density at radius 2 is 1.88 bits per heavy atom. The predicted octanol–water partition coefficient (Wildman–Crippen LogP) is 1.27. The van der Waals surface area contributed by atoms with E-state index in [2.05, 4.69) is 10.3 Å². The maximum atomic E-state index is 12.1. The second-order valence-electron chi connectivity index (χ2n) is 5.20. The molecule has 0 aliphatic heterocycles. The minimum atomic E-state index is -3.50. The van der Waals surface area contributed by atoms with Crippen LogP contribution in [-0.4, -0.2) is 44.8 Å². The lowest BCUT2D eigenvalue weighted by atomic mass is 10.2. The van der Waals surface area contributed by atoms with Crippen molar-refractivity contribution in [1.82, 2.24) is 14.6 Å². The topological polar surface area (TPSA) is 88.6 Å². The molecule has 24 heavy (non-hydrogen) atoms. The van der Waals surface area contributed by atoms with Gasteiger partial charge in [0.1, 0.15) is 0 Å². The molecule has 8 heteroatoms. The predicted molar refractivity (Wildman–Crippen MR) is 89.3 cm³/mol. The van der Waals surface area contributed by atoms with Gasteiger partial charge in [-0.3, -0.25) is 4.79 Å². The summed E-state index contributed by atoms with van der Waals surface area (Å²) in [5.74, 6) is 0.180. The van der Waals surface area contributed by atoms with Crippen molar-refractivity contribution in [3.63, 3.8) is 0 Å². The second-order valence-corrected chi connectivity index (χ2v) is 7.35. The molecule has 1 aromatic carbocycles. The number of nitrogens with one attached hydrogen (secondary N) is 1. The summed E-state index contributed by atoms with van der Waals surface area (Å²) < 4.78 is 30.1. The number of pyridine rings is 1. The van der Waals surface area contributed by atoms with Crippen molar-refractivity contribution in [1.29, 1.82) is 0 Å². The Hall–Kier alpha value is -2.45. The maximum Gasteiger partial charge on any atom is 0.251 e. The van der Waals surface area contributed by atoms with Crippen LogP contribution in [0, 0.1) is 0 Å². The number of benzene rings is 1. The average molecular weight is 349 g/mol. The molecule has 0 aliphatic rings. The highest BCUT2D eigenvalue weighted by Gasteiger charge is 2.17. The van der Waals surface area contributed by atoms with Gasteiger partial charge in [-0.2, -0.15) is 0 Å². The van der Waals surface area contributed by atoms with Crippen LogP contribution in [0.5, 0.6) is 5.88 Å². The van der Waals surface area contributed by atoms with Gasteiger partial charge in [0.15, 0.2) is 0 Å². The zero-order chi connectivity index (χ0) is 17.7. The second kappa shape index (κ2) is 7.41. The summed E-state index contributed by atoms with van der Waals surface area (Å²) in [5.41, 5.74) is 1.23. The highest BCUT2D eigenvalue weighted by atomic mass is 32.2. The zero-order valence-corrected chi connectivity index (χ0v) is 14.5. The fraction of sp³-hybridized carbons (Fsp3) is 0.250. The number of carbonyl (C=O) groups excluding carboxylic acids is 1. The van der Waals surface area contributed by atoms with Crippen molar-refractivity contribution >= 4 is 15.9 Å². The highest BCUT2D eigenvalue weighted by Crippen LogP contribution is 2.14. The van der Waals surface area contributed by atoms with Gasteiger partial charge in [0, 0.05) is 38.5 Å². The third-order valence-corrected chi connectivity index (χ3v) is 5.19. The lowest BCUT2D eigenvalue weighted by Crippen LogP contribution is -2.24. The number of amides is 1. The van der Waals surface area contributed by atoms with Crippen LogP contribution >= 0.6 is 0 Å². The van der Waals surface area contributed by atoms with Crippen molar-refractivity contribution in [3.8, 4) is 5.88 Å². The van der Waals surface area contributed by atoms with Crippen molar-refractivity contribution < 1.29 is 17.9 Å². The Labute approximate surface area is 141 Å². The maximum absolute atomic E-state index is 12.1. The van der Waals surface area contributed by atoms with Crippen LogP contribution in [0.3, 0.4) is 0 Å². The van der Waals surface area contributed by atoms with Gasteiger partial charge in [-0.1, -0.05) is 0 Å². The van der Waals surface area contributed by atoms with E-state index in [1.807, 2.05) is 0 Å². The summed E-state index contributed by atoms with van der Waals surface area (Å²) in [4.78, 5) is 16.3. The van der Waals surface area contributed by atoms with E-state index in [0.29, 0.717) is 18.0 Å². The molecule has 0 unspecified atom stereocenters. The smallest absolute Gasteiger partial charge is 0.251 e. The average Bonchev–Trinajstić information content (AvgIpc) is 2.59. The number of methoxy groups -OCH3 is 1. The largest absolute Gasteiger partial charge is 0.481 e. The van der Waals surface area contributed by atoms with Crippen LogP contribution in [0.1, 0.15) is 15.9 Å². The fourth-order valence-electron chi connectivity index (χ4n) is 1.95. The van der Waals surface area contributed by atoms with Crippen LogP contribution in [0.2, 0.25) is 0 Å². The zero-order valence-electron chi connectivity index (χ0n) is 13.7. The summed E-state index contributed by atoms with van der Waals surface area (Å²) in [6, 6.07) is 9.31. The molecule has 0 aliphatic carbocycles. The lowest BCUT2D eigenvalue weighted by molar-refractivity contribution is 0.0950. The SMILES string of the molecule is COc1cc(CNC(=O)c2ccc(S(=O)(=O)N(C)C)cc2)ccn1. The highest BCUT2D eigenvalue weighted by molar-refractivity contribution is 7.89. The molecule has 0 atom stereocenters. The van der Waals surface area contributed by atoms with Gasteiger partial charge in [0.25, 0.3) is 5.91 Å². The van der Waals surface area contributed by atoms with E-state index < -0.39 is 10.0 Å². The summed E-state index contributed by atoms with van der Waals surface area (Å²) >= 11 is 0. The normalized spacial score (nSPS) is 11.3. The Balaban J connectivity index is 2.05. The van der Waals surface area contributed by atoms with Crippen LogP contribution < -0.4 is 10.1 Å². The number of aromatic nitrogens is 1. The van der Waals surface area contributed by atoms with Gasteiger partial charge in [0.2, 0.25) is 15.9 Å². The molecule has 2 aromatic rings. The van der Waals surface area contributed by atoms with Crippen LogP contribution in [0.25, 0.3) is 0 Å². The molecule has 0 saturated carbocycles. The lowest BCUT2D eigenvalue weighted by Gasteiger charge is -2.11. The number of carbonyl (C=O) groups is 1. The first-order chi connectivity index (χ1) is 11.3. The molecular formula is C16H19N3O4S. The van der Waals surface area contributed by atoms with Crippen molar-refractivity contribution in [2.45, 2.75) is 11.4 Å². The molecule has 2 rings (SSSR count). The van der Waals surface area contributed by atoms with E-state index in [-0.39, 0.29) is 10.8 Å². The molecule has 0 saturated heterocycles. The summed E-state index contributed by atoms with van der Waals surface area (Å²) in [5, 5.41) is 2.77. The first kappa shape index (κ1) is 17.9. The van der Waals surface area contributed by atoms with E-state index in [9.17, 15) is 13.2 Å². The van der Waals surface area contributed by atoms with Crippen LogP contribution in [-0.2, 0) is 16.6 Å². The van der Waals surface area contributed by atoms with Crippen molar-refractivity contribution in [2.24, 2.45) is 0 Å². The van der Waals surface area contributed by atoms with E-state index in [4.69, 9.17) is 4.74 Å². The number of hydrogen-bond acceptors (Lipinski definition) is 5. The molecule has 7 nitrogen and oxygen atoms in total. The van der Waals surface area contributed by atoms with E-state index >= 15 is 0 Å². The molecule has 1 amide bonds. The Morgan fingerprint density at radius 3 is 2.46 bits per heavy atom. The molecule has 1 heterocycles. The number of sulfonamides is 1. The summed E-state index contributed by atoms with van der Waals surface area (Å²) in [6.07, 6.45) is 1.60. The minimum Gasteiger partial charge on any atom is -0.481 e. The molecule has 1 N–H and O–H groups in total. The molecule has 128 valence electrons. The number of rotatable bonds is 6. The third kappa shape index (κ3) is 4.09. The number of nitrogens with zero attached hydrogens (tertiary/aromatic N) is 2. The molecule has 1 aromatic heterocycles. The first-order valence-electron chi connectivity index (χ1n) is 7.14. The Morgan fingerprint density at radius 1 is 1.21 bits per heavy atom. The number of ether oxygens (including phenoxy) is 1. The quantitative estimate of drug-likeness (QED) is 0.848.